The number of halogens is 2. The number of benzene rings is 2. The van der Waals surface area contributed by atoms with Crippen molar-refractivity contribution < 1.29 is 14.0 Å². The molecule has 0 heterocycles. The molecule has 7 heteroatoms. The van der Waals surface area contributed by atoms with Gasteiger partial charge in [0.1, 0.15) is 11.9 Å². The summed E-state index contributed by atoms with van der Waals surface area (Å²) < 4.78 is 14.0. The lowest BCUT2D eigenvalue weighted by molar-refractivity contribution is -0.139. The van der Waals surface area contributed by atoms with Gasteiger partial charge < -0.3 is 10.2 Å². The zero-order valence-electron chi connectivity index (χ0n) is 18.2. The van der Waals surface area contributed by atoms with Crippen LogP contribution in [0.3, 0.4) is 0 Å². The lowest BCUT2D eigenvalue weighted by Crippen LogP contribution is -2.50. The van der Waals surface area contributed by atoms with E-state index in [2.05, 4.69) is 5.32 Å². The SMILES string of the molecule is CC[C@@H](C(=O)NCC(C)C)N(Cc1ccccc1)C(=O)CSCc1c(F)cccc1Cl. The van der Waals surface area contributed by atoms with Gasteiger partial charge in [-0.3, -0.25) is 9.59 Å². The van der Waals surface area contributed by atoms with Crippen LogP contribution in [-0.4, -0.2) is 35.1 Å². The minimum absolute atomic E-state index is 0.130. The van der Waals surface area contributed by atoms with Gasteiger partial charge in [-0.1, -0.05) is 68.8 Å². The largest absolute Gasteiger partial charge is 0.354 e. The summed E-state index contributed by atoms with van der Waals surface area (Å²) in [6.07, 6.45) is 0.506. The quantitative estimate of drug-likeness (QED) is 0.491. The molecular weight excluding hydrogens is 435 g/mol. The minimum atomic E-state index is -0.566. The van der Waals surface area contributed by atoms with Gasteiger partial charge in [0.05, 0.1) is 5.75 Å². The molecule has 1 N–H and O–H groups in total. The van der Waals surface area contributed by atoms with E-state index in [1.165, 1.54) is 17.8 Å². The van der Waals surface area contributed by atoms with Gasteiger partial charge in [0.2, 0.25) is 11.8 Å². The van der Waals surface area contributed by atoms with E-state index in [9.17, 15) is 14.0 Å². The van der Waals surface area contributed by atoms with E-state index >= 15 is 0 Å². The number of amides is 2. The molecule has 2 amide bonds. The smallest absolute Gasteiger partial charge is 0.242 e. The fourth-order valence-corrected chi connectivity index (χ4v) is 4.36. The fraction of sp³-hybridized carbons (Fsp3) is 0.417. The lowest BCUT2D eigenvalue weighted by Gasteiger charge is -2.31. The van der Waals surface area contributed by atoms with Gasteiger partial charge in [0.25, 0.3) is 0 Å². The number of nitrogens with one attached hydrogen (secondary N) is 1. The maximum atomic E-state index is 14.0. The molecule has 0 aliphatic carbocycles. The molecule has 0 radical (unpaired) electrons. The Balaban J connectivity index is 2.12. The minimum Gasteiger partial charge on any atom is -0.354 e. The van der Waals surface area contributed by atoms with Crippen LogP contribution in [0.1, 0.15) is 38.3 Å². The predicted molar refractivity (Wildman–Crippen MR) is 126 cm³/mol. The maximum absolute atomic E-state index is 14.0. The van der Waals surface area contributed by atoms with E-state index in [0.717, 1.165) is 5.56 Å². The molecule has 0 unspecified atom stereocenters. The van der Waals surface area contributed by atoms with Crippen LogP contribution in [0.5, 0.6) is 0 Å². The number of carbonyl (C=O) groups excluding carboxylic acids is 2. The summed E-state index contributed by atoms with van der Waals surface area (Å²) in [7, 11) is 0. The Hall–Kier alpha value is -2.05. The molecule has 2 rings (SSSR count). The second kappa shape index (κ2) is 12.7. The van der Waals surface area contributed by atoms with Crippen LogP contribution in [0.4, 0.5) is 4.39 Å². The van der Waals surface area contributed by atoms with Crippen molar-refractivity contribution >= 4 is 35.2 Å². The first-order valence-corrected chi connectivity index (χ1v) is 12.0. The van der Waals surface area contributed by atoms with Gasteiger partial charge in [-0.25, -0.2) is 4.39 Å². The second-order valence-electron chi connectivity index (χ2n) is 7.76. The molecule has 0 saturated carbocycles. The van der Waals surface area contributed by atoms with Gasteiger partial charge in [0, 0.05) is 29.4 Å². The van der Waals surface area contributed by atoms with Crippen molar-refractivity contribution in [2.45, 2.75) is 45.5 Å². The van der Waals surface area contributed by atoms with E-state index in [-0.39, 0.29) is 29.1 Å². The highest BCUT2D eigenvalue weighted by atomic mass is 35.5. The van der Waals surface area contributed by atoms with E-state index in [1.54, 1.807) is 17.0 Å². The van der Waals surface area contributed by atoms with Crippen LogP contribution < -0.4 is 5.32 Å². The maximum Gasteiger partial charge on any atom is 0.242 e. The summed E-state index contributed by atoms with van der Waals surface area (Å²) in [6.45, 7) is 6.85. The van der Waals surface area contributed by atoms with E-state index in [1.807, 2.05) is 51.1 Å². The summed E-state index contributed by atoms with van der Waals surface area (Å²) in [6, 6.07) is 13.6. The second-order valence-corrected chi connectivity index (χ2v) is 9.16. The van der Waals surface area contributed by atoms with Crippen molar-refractivity contribution in [1.82, 2.24) is 10.2 Å². The summed E-state index contributed by atoms with van der Waals surface area (Å²) in [5.41, 5.74) is 1.34. The Kier molecular flexibility index (Phi) is 10.3. The van der Waals surface area contributed by atoms with Crippen molar-refractivity contribution in [3.05, 3.63) is 70.5 Å². The molecular formula is C24H30ClFN2O2S. The molecule has 0 aliphatic rings. The molecule has 2 aromatic rings. The standard InChI is InChI=1S/C24H30ClFN2O2S/c1-4-22(24(30)27-13-17(2)3)28(14-18-9-6-5-7-10-18)23(29)16-31-15-19-20(25)11-8-12-21(19)26/h5-12,17,22H,4,13-16H2,1-3H3,(H,27,30)/t22-/m0/s1. The fourth-order valence-electron chi connectivity index (χ4n) is 3.12. The number of rotatable bonds is 11. The number of hydrogen-bond donors (Lipinski definition) is 1. The normalized spacial score (nSPS) is 11.9. The summed E-state index contributed by atoms with van der Waals surface area (Å²) in [4.78, 5) is 27.6. The Morgan fingerprint density at radius 1 is 1.13 bits per heavy atom. The van der Waals surface area contributed by atoms with E-state index < -0.39 is 6.04 Å². The Labute approximate surface area is 193 Å². The van der Waals surface area contributed by atoms with E-state index in [0.29, 0.717) is 36.0 Å². The molecule has 0 spiro atoms. The third-order valence-electron chi connectivity index (χ3n) is 4.80. The molecule has 1 atom stereocenters. The number of hydrogen-bond acceptors (Lipinski definition) is 3. The molecule has 168 valence electrons. The van der Waals surface area contributed by atoms with Crippen molar-refractivity contribution in [2.75, 3.05) is 12.3 Å². The monoisotopic (exact) mass is 464 g/mol. The van der Waals surface area contributed by atoms with Crippen molar-refractivity contribution in [3.8, 4) is 0 Å². The van der Waals surface area contributed by atoms with Gasteiger partial charge in [-0.15, -0.1) is 11.8 Å². The lowest BCUT2D eigenvalue weighted by atomic mass is 10.1. The van der Waals surface area contributed by atoms with Crippen molar-refractivity contribution in [1.29, 1.82) is 0 Å². The molecule has 0 bridgehead atoms. The third kappa shape index (κ3) is 7.86. The number of thioether (sulfide) groups is 1. The molecule has 0 saturated heterocycles. The van der Waals surface area contributed by atoms with Gasteiger partial charge in [-0.2, -0.15) is 0 Å². The van der Waals surface area contributed by atoms with Crippen LogP contribution in [0.25, 0.3) is 0 Å². The van der Waals surface area contributed by atoms with Gasteiger partial charge in [0.15, 0.2) is 0 Å². The summed E-state index contributed by atoms with van der Waals surface area (Å²) in [5, 5.41) is 3.29. The highest BCUT2D eigenvalue weighted by molar-refractivity contribution is 7.99. The highest BCUT2D eigenvalue weighted by Gasteiger charge is 2.28. The topological polar surface area (TPSA) is 49.4 Å². The first-order valence-electron chi connectivity index (χ1n) is 10.4. The number of nitrogens with zero attached hydrogens (tertiary/aromatic N) is 1. The van der Waals surface area contributed by atoms with Crippen LogP contribution in [0.2, 0.25) is 5.02 Å². The molecule has 0 fully saturated rings. The molecule has 2 aromatic carbocycles. The molecule has 4 nitrogen and oxygen atoms in total. The van der Waals surface area contributed by atoms with Crippen LogP contribution >= 0.6 is 23.4 Å². The molecule has 0 aromatic heterocycles. The summed E-state index contributed by atoms with van der Waals surface area (Å²) >= 11 is 7.38. The highest BCUT2D eigenvalue weighted by Crippen LogP contribution is 2.24. The predicted octanol–water partition coefficient (Wildman–Crippen LogP) is 5.29. The zero-order valence-corrected chi connectivity index (χ0v) is 19.8. The zero-order chi connectivity index (χ0) is 22.8. The first-order chi connectivity index (χ1) is 14.8. The average molecular weight is 465 g/mol. The van der Waals surface area contributed by atoms with Crippen LogP contribution in [0, 0.1) is 11.7 Å². The average Bonchev–Trinajstić information content (AvgIpc) is 2.74. The van der Waals surface area contributed by atoms with Crippen LogP contribution in [0.15, 0.2) is 48.5 Å². The molecule has 0 aliphatic heterocycles. The number of carbonyl (C=O) groups is 2. The Bertz CT molecular complexity index is 844. The van der Waals surface area contributed by atoms with Gasteiger partial charge >= 0.3 is 0 Å². The van der Waals surface area contributed by atoms with Crippen molar-refractivity contribution in [2.24, 2.45) is 5.92 Å². The molecule has 31 heavy (non-hydrogen) atoms. The third-order valence-corrected chi connectivity index (χ3v) is 6.10. The van der Waals surface area contributed by atoms with Gasteiger partial charge in [-0.05, 0) is 30.0 Å². The summed E-state index contributed by atoms with van der Waals surface area (Å²) in [5.74, 6) is 0.0440. The van der Waals surface area contributed by atoms with E-state index in [4.69, 9.17) is 11.6 Å². The Morgan fingerprint density at radius 3 is 2.45 bits per heavy atom. The first kappa shape index (κ1) is 25.2. The van der Waals surface area contributed by atoms with Crippen molar-refractivity contribution in [3.63, 3.8) is 0 Å². The van der Waals surface area contributed by atoms with Crippen LogP contribution in [-0.2, 0) is 21.9 Å². The Morgan fingerprint density at radius 2 is 1.84 bits per heavy atom.